The van der Waals surface area contributed by atoms with Crippen molar-refractivity contribution in [1.82, 2.24) is 5.32 Å². The van der Waals surface area contributed by atoms with Gasteiger partial charge in [-0.25, -0.2) is 0 Å². The third kappa shape index (κ3) is 7.59. The molecular formula is C17H33NO. The number of hydrogen-bond acceptors (Lipinski definition) is 1. The van der Waals surface area contributed by atoms with Crippen molar-refractivity contribution in [2.75, 3.05) is 0 Å². The van der Waals surface area contributed by atoms with Crippen LogP contribution >= 0.6 is 0 Å². The lowest BCUT2D eigenvalue weighted by Crippen LogP contribution is -2.41. The van der Waals surface area contributed by atoms with Gasteiger partial charge in [-0.3, -0.25) is 4.79 Å². The topological polar surface area (TPSA) is 29.1 Å². The molecule has 0 bridgehead atoms. The van der Waals surface area contributed by atoms with Crippen molar-refractivity contribution in [1.29, 1.82) is 0 Å². The Morgan fingerprint density at radius 3 is 1.53 bits per heavy atom. The molecule has 0 aromatic carbocycles. The molecule has 0 radical (unpaired) electrons. The van der Waals surface area contributed by atoms with E-state index in [-0.39, 0.29) is 11.3 Å². The molecule has 1 amide bonds. The molecule has 0 saturated heterocycles. The highest BCUT2D eigenvalue weighted by Gasteiger charge is 2.23. The summed E-state index contributed by atoms with van der Waals surface area (Å²) in [5, 5.41) is 3.27. The molecule has 1 saturated carbocycles. The Bertz CT molecular complexity index is 242. The molecule has 0 spiro atoms. The number of amides is 1. The van der Waals surface area contributed by atoms with Crippen molar-refractivity contribution in [3.8, 4) is 0 Å². The number of rotatable bonds is 1. The van der Waals surface area contributed by atoms with E-state index in [4.69, 9.17) is 0 Å². The van der Waals surface area contributed by atoms with Gasteiger partial charge in [0.25, 0.3) is 0 Å². The lowest BCUT2D eigenvalue weighted by Gasteiger charge is -2.25. The summed E-state index contributed by atoms with van der Waals surface area (Å²) in [6.07, 6.45) is 14.5. The lowest BCUT2D eigenvalue weighted by atomic mass is 9.93. The summed E-state index contributed by atoms with van der Waals surface area (Å²) in [4.78, 5) is 12.1. The van der Waals surface area contributed by atoms with Gasteiger partial charge >= 0.3 is 0 Å². The van der Waals surface area contributed by atoms with Gasteiger partial charge in [0.2, 0.25) is 5.91 Å². The fourth-order valence-corrected chi connectivity index (χ4v) is 2.71. The van der Waals surface area contributed by atoms with E-state index in [1.807, 2.05) is 20.8 Å². The first-order valence-corrected chi connectivity index (χ1v) is 8.31. The predicted octanol–water partition coefficient (Wildman–Crippen LogP) is 4.82. The van der Waals surface area contributed by atoms with Crippen LogP contribution in [-0.4, -0.2) is 11.9 Å². The highest BCUT2D eigenvalue weighted by atomic mass is 16.2. The van der Waals surface area contributed by atoms with E-state index in [0.29, 0.717) is 6.04 Å². The van der Waals surface area contributed by atoms with Crippen LogP contribution in [0.3, 0.4) is 0 Å². The molecule has 0 unspecified atom stereocenters. The zero-order valence-corrected chi connectivity index (χ0v) is 13.3. The second kappa shape index (κ2) is 8.60. The Kier molecular flexibility index (Phi) is 7.48. The van der Waals surface area contributed by atoms with Gasteiger partial charge in [-0.1, -0.05) is 78.6 Å². The van der Waals surface area contributed by atoms with E-state index in [2.05, 4.69) is 5.32 Å². The van der Waals surface area contributed by atoms with Gasteiger partial charge in [0.1, 0.15) is 0 Å². The largest absolute Gasteiger partial charge is 0.353 e. The van der Waals surface area contributed by atoms with Gasteiger partial charge in [-0.2, -0.15) is 0 Å². The normalized spacial score (nSPS) is 21.2. The molecule has 1 aliphatic rings. The Hall–Kier alpha value is -0.530. The maximum absolute atomic E-state index is 12.1. The predicted molar refractivity (Wildman–Crippen MR) is 82.2 cm³/mol. The van der Waals surface area contributed by atoms with Crippen molar-refractivity contribution in [3.05, 3.63) is 0 Å². The minimum Gasteiger partial charge on any atom is -0.353 e. The average molecular weight is 267 g/mol. The second-order valence-electron chi connectivity index (χ2n) is 7.18. The number of hydrogen-bond donors (Lipinski definition) is 1. The van der Waals surface area contributed by atoms with Crippen molar-refractivity contribution >= 4 is 5.91 Å². The van der Waals surface area contributed by atoms with Crippen LogP contribution in [0, 0.1) is 5.41 Å². The summed E-state index contributed by atoms with van der Waals surface area (Å²) >= 11 is 0. The van der Waals surface area contributed by atoms with Crippen molar-refractivity contribution < 1.29 is 4.79 Å². The third-order valence-corrected chi connectivity index (χ3v) is 4.12. The molecule has 1 fully saturated rings. The van der Waals surface area contributed by atoms with E-state index >= 15 is 0 Å². The van der Waals surface area contributed by atoms with Gasteiger partial charge in [0.15, 0.2) is 0 Å². The molecule has 19 heavy (non-hydrogen) atoms. The van der Waals surface area contributed by atoms with Crippen molar-refractivity contribution in [2.45, 2.75) is 97.4 Å². The molecule has 1 N–H and O–H groups in total. The van der Waals surface area contributed by atoms with Crippen LogP contribution in [0.5, 0.6) is 0 Å². The molecule has 0 aromatic rings. The Labute approximate surface area is 119 Å². The third-order valence-electron chi connectivity index (χ3n) is 4.12. The van der Waals surface area contributed by atoms with E-state index in [1.165, 1.54) is 70.6 Å². The SMILES string of the molecule is CC(C)(C)C(=O)NC1CCCCCCCCCCC1. The molecule has 2 nitrogen and oxygen atoms in total. The minimum absolute atomic E-state index is 0.213. The first kappa shape index (κ1) is 16.5. The average Bonchev–Trinajstić information content (AvgIpc) is 2.31. The smallest absolute Gasteiger partial charge is 0.225 e. The standard InChI is InChI=1S/C17H33NO/c1-17(2,3)16(19)18-15-13-11-9-7-5-4-6-8-10-12-14-15/h15H,4-14H2,1-3H3,(H,18,19). The molecule has 1 aliphatic carbocycles. The summed E-state index contributed by atoms with van der Waals surface area (Å²) in [5.74, 6) is 0.213. The molecular weight excluding hydrogens is 234 g/mol. The van der Waals surface area contributed by atoms with Crippen molar-refractivity contribution in [2.24, 2.45) is 5.41 Å². The van der Waals surface area contributed by atoms with Crippen molar-refractivity contribution in [3.63, 3.8) is 0 Å². The fraction of sp³-hybridized carbons (Fsp3) is 0.941. The maximum Gasteiger partial charge on any atom is 0.225 e. The maximum atomic E-state index is 12.1. The fourth-order valence-electron chi connectivity index (χ4n) is 2.71. The highest BCUT2D eigenvalue weighted by molar-refractivity contribution is 5.81. The van der Waals surface area contributed by atoms with Crippen LogP contribution in [0.4, 0.5) is 0 Å². The van der Waals surface area contributed by atoms with E-state index < -0.39 is 0 Å². The van der Waals surface area contributed by atoms with E-state index in [0.717, 1.165) is 0 Å². The zero-order valence-electron chi connectivity index (χ0n) is 13.3. The Balaban J connectivity index is 2.40. The van der Waals surface area contributed by atoms with Gasteiger partial charge in [-0.05, 0) is 12.8 Å². The molecule has 0 aromatic heterocycles. The van der Waals surface area contributed by atoms with Crippen LogP contribution in [0.1, 0.15) is 91.4 Å². The summed E-state index contributed by atoms with van der Waals surface area (Å²) in [6.45, 7) is 5.99. The molecule has 0 aliphatic heterocycles. The second-order valence-corrected chi connectivity index (χ2v) is 7.18. The van der Waals surface area contributed by atoms with Gasteiger partial charge < -0.3 is 5.32 Å². The number of carbonyl (C=O) groups is 1. The van der Waals surface area contributed by atoms with Gasteiger partial charge in [-0.15, -0.1) is 0 Å². The summed E-state index contributed by atoms with van der Waals surface area (Å²) in [5.41, 5.74) is -0.260. The van der Waals surface area contributed by atoms with E-state index in [9.17, 15) is 4.79 Å². The molecule has 112 valence electrons. The summed E-state index contributed by atoms with van der Waals surface area (Å²) in [7, 11) is 0. The summed E-state index contributed by atoms with van der Waals surface area (Å²) < 4.78 is 0. The molecule has 1 rings (SSSR count). The zero-order chi connectivity index (χ0) is 14.1. The lowest BCUT2D eigenvalue weighted by molar-refractivity contribution is -0.129. The first-order valence-electron chi connectivity index (χ1n) is 8.31. The van der Waals surface area contributed by atoms with Crippen LogP contribution in [0.15, 0.2) is 0 Å². The van der Waals surface area contributed by atoms with Crippen LogP contribution in [-0.2, 0) is 4.79 Å². The molecule has 0 atom stereocenters. The molecule has 0 heterocycles. The van der Waals surface area contributed by atoms with Crippen LogP contribution in [0.25, 0.3) is 0 Å². The number of carbonyl (C=O) groups excluding carboxylic acids is 1. The highest BCUT2D eigenvalue weighted by Crippen LogP contribution is 2.19. The Morgan fingerprint density at radius 1 is 0.789 bits per heavy atom. The first-order chi connectivity index (χ1) is 9.00. The number of nitrogens with one attached hydrogen (secondary N) is 1. The van der Waals surface area contributed by atoms with Gasteiger partial charge in [0.05, 0.1) is 0 Å². The quantitative estimate of drug-likeness (QED) is 0.725. The van der Waals surface area contributed by atoms with E-state index in [1.54, 1.807) is 0 Å². The van der Waals surface area contributed by atoms with Crippen LogP contribution < -0.4 is 5.32 Å². The van der Waals surface area contributed by atoms with Crippen LogP contribution in [0.2, 0.25) is 0 Å². The summed E-state index contributed by atoms with van der Waals surface area (Å²) in [6, 6.07) is 0.408. The molecule has 2 heteroatoms. The monoisotopic (exact) mass is 267 g/mol. The van der Waals surface area contributed by atoms with Gasteiger partial charge in [0, 0.05) is 11.5 Å². The Morgan fingerprint density at radius 2 is 1.16 bits per heavy atom. The minimum atomic E-state index is -0.260.